The summed E-state index contributed by atoms with van der Waals surface area (Å²) in [4.78, 5) is 12.3. The van der Waals surface area contributed by atoms with Gasteiger partial charge >= 0.3 is 0 Å². The highest BCUT2D eigenvalue weighted by atomic mass is 16.5. The second kappa shape index (κ2) is 6.44. The first-order valence-electron chi connectivity index (χ1n) is 6.89. The van der Waals surface area contributed by atoms with Crippen LogP contribution in [-0.2, 0) is 0 Å². The first kappa shape index (κ1) is 15.1. The average molecular weight is 284 g/mol. The molecule has 0 heterocycles. The molecule has 0 bridgehead atoms. The largest absolute Gasteiger partial charge is 0.497 e. The van der Waals surface area contributed by atoms with E-state index in [2.05, 4.69) is 0 Å². The van der Waals surface area contributed by atoms with E-state index in [1.54, 1.807) is 19.2 Å². The summed E-state index contributed by atoms with van der Waals surface area (Å²) in [5, 5.41) is 0. The Morgan fingerprint density at radius 3 is 2.00 bits per heavy atom. The summed E-state index contributed by atoms with van der Waals surface area (Å²) in [6.45, 7) is 5.99. The van der Waals surface area contributed by atoms with Gasteiger partial charge in [-0.05, 0) is 56.2 Å². The van der Waals surface area contributed by atoms with Gasteiger partial charge in [-0.15, -0.1) is 0 Å². The molecule has 0 aromatic heterocycles. The summed E-state index contributed by atoms with van der Waals surface area (Å²) in [5.74, 6) is 1.42. The van der Waals surface area contributed by atoms with Crippen molar-refractivity contribution in [1.82, 2.24) is 0 Å². The van der Waals surface area contributed by atoms with Crippen molar-refractivity contribution < 1.29 is 14.3 Å². The van der Waals surface area contributed by atoms with Crippen molar-refractivity contribution in [2.45, 2.75) is 20.8 Å². The van der Waals surface area contributed by atoms with Crippen LogP contribution in [0.4, 0.5) is 0 Å². The van der Waals surface area contributed by atoms with Gasteiger partial charge in [-0.1, -0.05) is 17.7 Å². The lowest BCUT2D eigenvalue weighted by Gasteiger charge is -2.11. The van der Waals surface area contributed by atoms with E-state index >= 15 is 0 Å². The molecule has 0 saturated carbocycles. The number of rotatable bonds is 5. The van der Waals surface area contributed by atoms with Crippen molar-refractivity contribution in [2.75, 3.05) is 13.7 Å². The minimum atomic E-state index is 0.000757. The number of ether oxygens (including phenoxy) is 2. The smallest absolute Gasteiger partial charge is 0.200 e. The quantitative estimate of drug-likeness (QED) is 0.782. The van der Waals surface area contributed by atoms with Crippen molar-refractivity contribution in [1.29, 1.82) is 0 Å². The fraction of sp³-hybridized carbons (Fsp3) is 0.278. The molecular weight excluding hydrogens is 264 g/mol. The molecule has 0 atom stereocenters. The molecule has 0 radical (unpaired) electrons. The molecule has 0 aliphatic carbocycles. The SMILES string of the molecule is COc1ccc(OCC(=O)c2c(C)cc(C)cc2C)cc1. The normalized spacial score (nSPS) is 10.3. The van der Waals surface area contributed by atoms with E-state index in [1.807, 2.05) is 45.0 Å². The lowest BCUT2D eigenvalue weighted by Crippen LogP contribution is -2.14. The zero-order valence-electron chi connectivity index (χ0n) is 12.9. The number of hydrogen-bond acceptors (Lipinski definition) is 3. The van der Waals surface area contributed by atoms with Crippen LogP contribution in [-0.4, -0.2) is 19.5 Å². The van der Waals surface area contributed by atoms with Gasteiger partial charge in [-0.2, -0.15) is 0 Å². The number of hydrogen-bond donors (Lipinski definition) is 0. The number of ketones is 1. The van der Waals surface area contributed by atoms with Crippen molar-refractivity contribution in [2.24, 2.45) is 0 Å². The summed E-state index contributed by atoms with van der Waals surface area (Å²) in [6, 6.07) is 11.2. The van der Waals surface area contributed by atoms with E-state index in [0.717, 1.165) is 28.0 Å². The maximum absolute atomic E-state index is 12.3. The molecule has 2 rings (SSSR count). The monoisotopic (exact) mass is 284 g/mol. The second-order valence-corrected chi connectivity index (χ2v) is 5.16. The Hall–Kier alpha value is -2.29. The first-order chi connectivity index (χ1) is 10.0. The van der Waals surface area contributed by atoms with E-state index in [1.165, 1.54) is 0 Å². The fourth-order valence-electron chi connectivity index (χ4n) is 2.51. The lowest BCUT2D eigenvalue weighted by atomic mass is 9.97. The van der Waals surface area contributed by atoms with Crippen LogP contribution in [0, 0.1) is 20.8 Å². The van der Waals surface area contributed by atoms with Crippen molar-refractivity contribution in [3.05, 3.63) is 58.7 Å². The van der Waals surface area contributed by atoms with Gasteiger partial charge in [0.05, 0.1) is 7.11 Å². The third-order valence-corrected chi connectivity index (χ3v) is 3.39. The Morgan fingerprint density at radius 2 is 1.48 bits per heavy atom. The predicted molar refractivity (Wildman–Crippen MR) is 83.5 cm³/mol. The zero-order valence-corrected chi connectivity index (χ0v) is 12.9. The molecule has 3 heteroatoms. The van der Waals surface area contributed by atoms with Gasteiger partial charge in [0, 0.05) is 5.56 Å². The molecule has 0 spiro atoms. The standard InChI is InChI=1S/C18H20O3/c1-12-9-13(2)18(14(3)10-12)17(19)11-21-16-7-5-15(20-4)6-8-16/h5-10H,11H2,1-4H3. The Balaban J connectivity index is 2.08. The van der Waals surface area contributed by atoms with Crippen LogP contribution in [0.25, 0.3) is 0 Å². The van der Waals surface area contributed by atoms with Gasteiger partial charge in [0.15, 0.2) is 6.61 Å². The summed E-state index contributed by atoms with van der Waals surface area (Å²) < 4.78 is 10.6. The van der Waals surface area contributed by atoms with Crippen LogP contribution in [0.1, 0.15) is 27.0 Å². The van der Waals surface area contributed by atoms with Crippen LogP contribution >= 0.6 is 0 Å². The van der Waals surface area contributed by atoms with Crippen molar-refractivity contribution in [3.8, 4) is 11.5 Å². The van der Waals surface area contributed by atoms with E-state index in [0.29, 0.717) is 5.75 Å². The van der Waals surface area contributed by atoms with Crippen LogP contribution in [0.15, 0.2) is 36.4 Å². The number of benzene rings is 2. The zero-order chi connectivity index (χ0) is 15.4. The number of aryl methyl sites for hydroxylation is 3. The number of carbonyl (C=O) groups is 1. The Morgan fingerprint density at radius 1 is 0.952 bits per heavy atom. The maximum Gasteiger partial charge on any atom is 0.200 e. The Kier molecular flexibility index (Phi) is 4.63. The lowest BCUT2D eigenvalue weighted by molar-refractivity contribution is 0.0920. The molecule has 0 saturated heterocycles. The van der Waals surface area contributed by atoms with Crippen molar-refractivity contribution in [3.63, 3.8) is 0 Å². The van der Waals surface area contributed by atoms with Gasteiger partial charge in [-0.25, -0.2) is 0 Å². The highest BCUT2D eigenvalue weighted by Gasteiger charge is 2.13. The van der Waals surface area contributed by atoms with Crippen LogP contribution < -0.4 is 9.47 Å². The third-order valence-electron chi connectivity index (χ3n) is 3.39. The highest BCUT2D eigenvalue weighted by molar-refractivity contribution is 6.00. The van der Waals surface area contributed by atoms with E-state index in [-0.39, 0.29) is 12.4 Å². The minimum Gasteiger partial charge on any atom is -0.497 e. The average Bonchev–Trinajstić information content (AvgIpc) is 2.44. The molecule has 0 N–H and O–H groups in total. The van der Waals surface area contributed by atoms with Crippen LogP contribution in [0.3, 0.4) is 0 Å². The summed E-state index contributed by atoms with van der Waals surface area (Å²) in [5.41, 5.74) is 3.92. The summed E-state index contributed by atoms with van der Waals surface area (Å²) in [7, 11) is 1.61. The number of Topliss-reactive ketones (excluding diaryl/α,β-unsaturated/α-hetero) is 1. The molecule has 3 nitrogen and oxygen atoms in total. The molecule has 0 amide bonds. The Bertz CT molecular complexity index is 619. The first-order valence-corrected chi connectivity index (χ1v) is 6.89. The highest BCUT2D eigenvalue weighted by Crippen LogP contribution is 2.19. The van der Waals surface area contributed by atoms with Crippen LogP contribution in [0.5, 0.6) is 11.5 Å². The molecule has 0 unspecified atom stereocenters. The molecule has 110 valence electrons. The Labute approximate surface area is 125 Å². The van der Waals surface area contributed by atoms with E-state index in [4.69, 9.17) is 9.47 Å². The van der Waals surface area contributed by atoms with Crippen LogP contribution in [0.2, 0.25) is 0 Å². The summed E-state index contributed by atoms with van der Waals surface area (Å²) in [6.07, 6.45) is 0. The van der Waals surface area contributed by atoms with E-state index < -0.39 is 0 Å². The molecule has 0 aliphatic heterocycles. The maximum atomic E-state index is 12.3. The van der Waals surface area contributed by atoms with Gasteiger partial charge in [-0.3, -0.25) is 4.79 Å². The van der Waals surface area contributed by atoms with E-state index in [9.17, 15) is 4.79 Å². The number of methoxy groups -OCH3 is 1. The summed E-state index contributed by atoms with van der Waals surface area (Å²) >= 11 is 0. The topological polar surface area (TPSA) is 35.5 Å². The third kappa shape index (κ3) is 3.63. The molecular formula is C18H20O3. The second-order valence-electron chi connectivity index (χ2n) is 5.16. The molecule has 2 aromatic carbocycles. The van der Waals surface area contributed by atoms with Gasteiger partial charge in [0.25, 0.3) is 0 Å². The van der Waals surface area contributed by atoms with Gasteiger partial charge in [0.2, 0.25) is 5.78 Å². The van der Waals surface area contributed by atoms with Gasteiger partial charge in [0.1, 0.15) is 11.5 Å². The predicted octanol–water partition coefficient (Wildman–Crippen LogP) is 3.88. The minimum absolute atomic E-state index is 0.000757. The molecule has 0 aliphatic rings. The fourth-order valence-corrected chi connectivity index (χ4v) is 2.51. The molecule has 21 heavy (non-hydrogen) atoms. The molecule has 2 aromatic rings. The van der Waals surface area contributed by atoms with Gasteiger partial charge < -0.3 is 9.47 Å². The molecule has 0 fully saturated rings. The van der Waals surface area contributed by atoms with Crippen molar-refractivity contribution >= 4 is 5.78 Å². The number of carbonyl (C=O) groups excluding carboxylic acids is 1.